The van der Waals surface area contributed by atoms with Gasteiger partial charge in [0.2, 0.25) is 5.91 Å². The third-order valence-electron chi connectivity index (χ3n) is 4.93. The van der Waals surface area contributed by atoms with Gasteiger partial charge in [0, 0.05) is 31.6 Å². The molecule has 2 aromatic rings. The van der Waals surface area contributed by atoms with E-state index < -0.39 is 6.04 Å². The van der Waals surface area contributed by atoms with Gasteiger partial charge in [0.15, 0.2) is 0 Å². The van der Waals surface area contributed by atoms with Crippen LogP contribution in [0.2, 0.25) is 0 Å². The first-order valence-corrected chi connectivity index (χ1v) is 10.8. The number of nitrogens with zero attached hydrogens (tertiary/aromatic N) is 3. The van der Waals surface area contributed by atoms with Crippen molar-refractivity contribution in [1.82, 2.24) is 9.91 Å². The smallest absolute Gasteiger partial charge is 0.262 e. The minimum absolute atomic E-state index is 0.132. The highest BCUT2D eigenvalue weighted by molar-refractivity contribution is 7.12. The van der Waals surface area contributed by atoms with Crippen LogP contribution in [0.25, 0.3) is 0 Å². The fraction of sp³-hybridized carbons (Fsp3) is 0.409. The topological polar surface area (TPSA) is 62.2 Å². The highest BCUT2D eigenvalue weighted by Crippen LogP contribution is 2.35. The maximum absolute atomic E-state index is 14.5. The summed E-state index contributed by atoms with van der Waals surface area (Å²) >= 11 is 1.53. The number of benzene rings is 1. The number of hydrogen-bond acceptors (Lipinski definition) is 5. The normalized spacial score (nSPS) is 16.1. The first-order chi connectivity index (χ1) is 14.4. The number of amides is 2. The Kier molecular flexibility index (Phi) is 7.33. The molecule has 3 rings (SSSR count). The minimum Gasteiger partial charge on any atom is -0.383 e. The lowest BCUT2D eigenvalue weighted by atomic mass is 10.0. The van der Waals surface area contributed by atoms with Gasteiger partial charge >= 0.3 is 0 Å². The number of hydrazone groups is 1. The van der Waals surface area contributed by atoms with Gasteiger partial charge in [-0.25, -0.2) is 9.40 Å². The zero-order chi connectivity index (χ0) is 21.7. The fourth-order valence-electron chi connectivity index (χ4n) is 3.39. The van der Waals surface area contributed by atoms with Crippen LogP contribution in [0.4, 0.5) is 4.39 Å². The molecular formula is C22H26FN3O3S. The van der Waals surface area contributed by atoms with Crippen molar-refractivity contribution in [3.05, 3.63) is 58.0 Å². The number of ether oxygens (including phenoxy) is 1. The number of methoxy groups -OCH3 is 1. The zero-order valence-electron chi connectivity index (χ0n) is 17.4. The van der Waals surface area contributed by atoms with Gasteiger partial charge in [-0.2, -0.15) is 5.10 Å². The Morgan fingerprint density at radius 1 is 1.30 bits per heavy atom. The fourth-order valence-corrected chi connectivity index (χ4v) is 4.11. The largest absolute Gasteiger partial charge is 0.383 e. The lowest BCUT2D eigenvalue weighted by molar-refractivity contribution is -0.143. The van der Waals surface area contributed by atoms with Crippen molar-refractivity contribution >= 4 is 28.9 Å². The summed E-state index contributed by atoms with van der Waals surface area (Å²) in [4.78, 5) is 28.2. The molecule has 0 spiro atoms. The number of rotatable bonds is 8. The van der Waals surface area contributed by atoms with Crippen molar-refractivity contribution in [3.63, 3.8) is 0 Å². The zero-order valence-corrected chi connectivity index (χ0v) is 18.2. The Balaban J connectivity index is 1.88. The molecule has 1 aromatic carbocycles. The van der Waals surface area contributed by atoms with Crippen LogP contribution in [0, 0.1) is 11.7 Å². The Morgan fingerprint density at radius 2 is 2.07 bits per heavy atom. The molecule has 1 aromatic heterocycles. The average Bonchev–Trinajstić information content (AvgIpc) is 3.40. The first kappa shape index (κ1) is 22.1. The summed E-state index contributed by atoms with van der Waals surface area (Å²) in [6, 6.07) is 9.73. The van der Waals surface area contributed by atoms with Gasteiger partial charge in [0.1, 0.15) is 12.4 Å². The summed E-state index contributed by atoms with van der Waals surface area (Å²) in [7, 11) is 1.55. The van der Waals surface area contributed by atoms with Crippen molar-refractivity contribution < 1.29 is 18.7 Å². The molecule has 1 aliphatic heterocycles. The molecule has 0 bridgehead atoms. The van der Waals surface area contributed by atoms with Crippen LogP contribution in [-0.2, 0) is 14.3 Å². The summed E-state index contributed by atoms with van der Waals surface area (Å²) in [5.74, 6) is -1.11. The second-order valence-corrected chi connectivity index (χ2v) is 8.36. The lowest BCUT2D eigenvalue weighted by Gasteiger charge is -2.28. The van der Waals surface area contributed by atoms with Gasteiger partial charge in [-0.15, -0.1) is 11.3 Å². The van der Waals surface area contributed by atoms with E-state index in [9.17, 15) is 14.0 Å². The van der Waals surface area contributed by atoms with E-state index in [2.05, 4.69) is 5.10 Å². The molecule has 2 heterocycles. The summed E-state index contributed by atoms with van der Waals surface area (Å²) in [5, 5.41) is 7.81. The predicted molar refractivity (Wildman–Crippen MR) is 115 cm³/mol. The van der Waals surface area contributed by atoms with Crippen molar-refractivity contribution in [1.29, 1.82) is 0 Å². The molecule has 6 nitrogen and oxygen atoms in total. The first-order valence-electron chi connectivity index (χ1n) is 9.88. The number of hydrogen-bond donors (Lipinski definition) is 0. The molecular weight excluding hydrogens is 405 g/mol. The summed E-state index contributed by atoms with van der Waals surface area (Å²) < 4.78 is 19.6. The molecule has 0 unspecified atom stereocenters. The average molecular weight is 432 g/mol. The van der Waals surface area contributed by atoms with Gasteiger partial charge in [-0.1, -0.05) is 38.1 Å². The number of carbonyl (C=O) groups is 2. The van der Waals surface area contributed by atoms with E-state index in [1.54, 1.807) is 39.2 Å². The van der Waals surface area contributed by atoms with Crippen molar-refractivity contribution in [2.75, 3.05) is 26.8 Å². The van der Waals surface area contributed by atoms with E-state index in [4.69, 9.17) is 4.74 Å². The third kappa shape index (κ3) is 4.94. The molecule has 0 saturated heterocycles. The van der Waals surface area contributed by atoms with Gasteiger partial charge in [-0.3, -0.25) is 9.59 Å². The number of carbonyl (C=O) groups excluding carboxylic acids is 2. The second-order valence-electron chi connectivity index (χ2n) is 7.41. The maximum atomic E-state index is 14.5. The molecule has 0 radical (unpaired) electrons. The van der Waals surface area contributed by atoms with Gasteiger partial charge < -0.3 is 9.64 Å². The van der Waals surface area contributed by atoms with E-state index in [1.807, 2.05) is 17.5 Å². The molecule has 0 aliphatic carbocycles. The lowest BCUT2D eigenvalue weighted by Crippen LogP contribution is -2.44. The second kappa shape index (κ2) is 9.95. The van der Waals surface area contributed by atoms with Crippen molar-refractivity contribution in [2.24, 2.45) is 11.0 Å². The molecule has 1 atom stereocenters. The minimum atomic E-state index is -0.547. The Morgan fingerprint density at radius 3 is 2.70 bits per heavy atom. The van der Waals surface area contributed by atoms with E-state index in [1.165, 1.54) is 27.3 Å². The highest BCUT2D eigenvalue weighted by atomic mass is 32.1. The van der Waals surface area contributed by atoms with Crippen LogP contribution in [0.5, 0.6) is 0 Å². The number of thiophene rings is 1. The monoisotopic (exact) mass is 431 g/mol. The Hall–Kier alpha value is -2.58. The molecule has 160 valence electrons. The maximum Gasteiger partial charge on any atom is 0.262 e. The SMILES string of the molecule is COCCN(CC(=O)N1N=C(c2cccs2)C[C@@H]1c1ccccc1F)C(=O)C(C)C. The van der Waals surface area contributed by atoms with Crippen LogP contribution >= 0.6 is 11.3 Å². The standard InChI is InChI=1S/C22H26FN3O3S/c1-15(2)22(28)25(10-11-29-3)14-21(27)26-19(16-7-4-5-8-17(16)23)13-18(24-26)20-9-6-12-30-20/h4-9,12,15,19H,10-11,13-14H2,1-3H3/t19-/m1/s1. The van der Waals surface area contributed by atoms with Crippen LogP contribution in [0.3, 0.4) is 0 Å². The molecule has 0 fully saturated rings. The van der Waals surface area contributed by atoms with Gasteiger partial charge in [0.25, 0.3) is 5.91 Å². The molecule has 1 aliphatic rings. The Labute approximate surface area is 179 Å². The Bertz CT molecular complexity index is 914. The predicted octanol–water partition coefficient (Wildman–Crippen LogP) is 3.70. The summed E-state index contributed by atoms with van der Waals surface area (Å²) in [5.41, 5.74) is 1.16. The van der Waals surface area contributed by atoms with E-state index in [0.717, 1.165) is 10.6 Å². The van der Waals surface area contributed by atoms with Crippen LogP contribution in [0.1, 0.15) is 36.8 Å². The molecule has 0 N–H and O–H groups in total. The summed E-state index contributed by atoms with van der Waals surface area (Å²) in [6.07, 6.45) is 0.420. The van der Waals surface area contributed by atoms with Crippen molar-refractivity contribution in [2.45, 2.75) is 26.3 Å². The quantitative estimate of drug-likeness (QED) is 0.640. The van der Waals surface area contributed by atoms with E-state index in [-0.39, 0.29) is 30.1 Å². The molecule has 8 heteroatoms. The number of halogens is 1. The van der Waals surface area contributed by atoms with Crippen LogP contribution < -0.4 is 0 Å². The van der Waals surface area contributed by atoms with Crippen LogP contribution in [-0.4, -0.2) is 54.2 Å². The van der Waals surface area contributed by atoms with Crippen LogP contribution in [0.15, 0.2) is 46.9 Å². The highest BCUT2D eigenvalue weighted by Gasteiger charge is 2.36. The summed E-state index contributed by atoms with van der Waals surface area (Å²) in [6.45, 7) is 4.08. The molecule has 2 amide bonds. The van der Waals surface area contributed by atoms with E-state index >= 15 is 0 Å². The third-order valence-corrected chi connectivity index (χ3v) is 5.85. The molecule has 0 saturated carbocycles. The van der Waals surface area contributed by atoms with Gasteiger partial charge in [-0.05, 0) is 17.5 Å². The van der Waals surface area contributed by atoms with E-state index in [0.29, 0.717) is 25.1 Å². The van der Waals surface area contributed by atoms with Gasteiger partial charge in [0.05, 0.1) is 23.2 Å². The van der Waals surface area contributed by atoms with Crippen molar-refractivity contribution in [3.8, 4) is 0 Å². The molecule has 30 heavy (non-hydrogen) atoms.